The average molecular weight is 506 g/mol. The number of carbonyl (C=O) groups excluding carboxylic acids is 3. The first-order valence-corrected chi connectivity index (χ1v) is 13.2. The molecule has 4 rings (SSSR count). The fourth-order valence-corrected chi connectivity index (χ4v) is 5.10. The Morgan fingerprint density at radius 2 is 1.54 bits per heavy atom. The van der Waals surface area contributed by atoms with Crippen molar-refractivity contribution in [2.45, 2.75) is 58.5 Å². The van der Waals surface area contributed by atoms with E-state index < -0.39 is 18.1 Å². The zero-order valence-corrected chi connectivity index (χ0v) is 22.3. The number of hydrogen-bond donors (Lipinski definition) is 2. The van der Waals surface area contributed by atoms with Gasteiger partial charge in [-0.25, -0.2) is 0 Å². The molecule has 3 atom stereocenters. The third kappa shape index (κ3) is 6.19. The van der Waals surface area contributed by atoms with E-state index in [1.54, 1.807) is 18.9 Å². The first kappa shape index (κ1) is 26.8. The molecule has 2 aliphatic heterocycles. The van der Waals surface area contributed by atoms with Crippen LogP contribution in [0.2, 0.25) is 0 Å². The minimum atomic E-state index is -0.699. The molecule has 2 aromatic rings. The Labute approximate surface area is 220 Å². The van der Waals surface area contributed by atoms with E-state index in [1.807, 2.05) is 49.1 Å². The molecular formula is C29H39N5O3. The smallest absolute Gasteiger partial charge is 0.247 e. The number of piperazine rings is 1. The zero-order chi connectivity index (χ0) is 26.5. The molecule has 8 nitrogen and oxygen atoms in total. The molecule has 1 fully saturated rings. The van der Waals surface area contributed by atoms with E-state index in [-0.39, 0.29) is 23.6 Å². The minimum Gasteiger partial charge on any atom is -0.343 e. The number of amides is 3. The SMILES string of the molecule is CN[C@@H](C)C(=O)N[C@H](C(=O)N1CCN(Cc2ccccc2)C[C@H]1C(=O)N1Cc2ccccc2C1)C(C)C. The Morgan fingerprint density at radius 1 is 0.919 bits per heavy atom. The maximum atomic E-state index is 14.0. The Kier molecular flexibility index (Phi) is 8.61. The standard InChI is InChI=1S/C29H39N5O3/c1-20(2)26(31-27(35)21(3)30-4)29(37)34-15-14-32(16-22-10-6-5-7-11-22)19-25(34)28(36)33-17-23-12-8-9-13-24(23)18-33/h5-13,20-21,25-26,30H,14-19H2,1-4H3,(H,31,35)/t21-,25-,26-/m0/s1. The molecule has 37 heavy (non-hydrogen) atoms. The van der Waals surface area contributed by atoms with Crippen LogP contribution in [-0.4, -0.2) is 77.2 Å². The van der Waals surface area contributed by atoms with Crippen molar-refractivity contribution in [3.05, 3.63) is 71.3 Å². The summed E-state index contributed by atoms with van der Waals surface area (Å²) in [5.41, 5.74) is 3.48. The van der Waals surface area contributed by atoms with Gasteiger partial charge in [0.2, 0.25) is 17.7 Å². The van der Waals surface area contributed by atoms with Gasteiger partial charge in [-0.3, -0.25) is 19.3 Å². The number of hydrogen-bond acceptors (Lipinski definition) is 5. The highest BCUT2D eigenvalue weighted by Crippen LogP contribution is 2.26. The summed E-state index contributed by atoms with van der Waals surface area (Å²) in [4.78, 5) is 46.3. The van der Waals surface area contributed by atoms with E-state index in [9.17, 15) is 14.4 Å². The van der Waals surface area contributed by atoms with Gasteiger partial charge in [0.05, 0.1) is 6.04 Å². The van der Waals surface area contributed by atoms with E-state index in [0.29, 0.717) is 32.7 Å². The highest BCUT2D eigenvalue weighted by atomic mass is 16.2. The Bertz CT molecular complexity index is 1080. The number of nitrogens with one attached hydrogen (secondary N) is 2. The van der Waals surface area contributed by atoms with E-state index in [2.05, 4.69) is 39.8 Å². The van der Waals surface area contributed by atoms with E-state index in [0.717, 1.165) is 17.7 Å². The van der Waals surface area contributed by atoms with Crippen molar-refractivity contribution in [2.24, 2.45) is 5.92 Å². The molecule has 0 spiro atoms. The van der Waals surface area contributed by atoms with Gasteiger partial charge >= 0.3 is 0 Å². The maximum Gasteiger partial charge on any atom is 0.247 e. The highest BCUT2D eigenvalue weighted by Gasteiger charge is 2.42. The van der Waals surface area contributed by atoms with E-state index in [4.69, 9.17) is 0 Å². The Balaban J connectivity index is 1.56. The van der Waals surface area contributed by atoms with Crippen molar-refractivity contribution in [3.8, 4) is 0 Å². The summed E-state index contributed by atoms with van der Waals surface area (Å²) < 4.78 is 0. The number of benzene rings is 2. The van der Waals surface area contributed by atoms with Gasteiger partial charge in [-0.1, -0.05) is 68.4 Å². The van der Waals surface area contributed by atoms with Crippen LogP contribution >= 0.6 is 0 Å². The van der Waals surface area contributed by atoms with Crippen molar-refractivity contribution >= 4 is 17.7 Å². The highest BCUT2D eigenvalue weighted by molar-refractivity contribution is 5.93. The van der Waals surface area contributed by atoms with Crippen LogP contribution in [0.4, 0.5) is 0 Å². The van der Waals surface area contributed by atoms with Gasteiger partial charge < -0.3 is 20.4 Å². The predicted octanol–water partition coefficient (Wildman–Crippen LogP) is 1.99. The second-order valence-corrected chi connectivity index (χ2v) is 10.5. The predicted molar refractivity (Wildman–Crippen MR) is 143 cm³/mol. The number of nitrogens with zero attached hydrogens (tertiary/aromatic N) is 3. The van der Waals surface area contributed by atoms with Gasteiger partial charge in [0.15, 0.2) is 0 Å². The molecule has 2 N–H and O–H groups in total. The number of carbonyl (C=O) groups is 3. The molecule has 8 heteroatoms. The molecule has 0 unspecified atom stereocenters. The Hall–Kier alpha value is -3.23. The van der Waals surface area contributed by atoms with Crippen LogP contribution in [0.1, 0.15) is 37.5 Å². The number of fused-ring (bicyclic) bond motifs is 1. The summed E-state index contributed by atoms with van der Waals surface area (Å²) in [6.45, 7) is 8.98. The molecule has 2 heterocycles. The molecule has 0 aromatic heterocycles. The van der Waals surface area contributed by atoms with Crippen LogP contribution in [-0.2, 0) is 34.0 Å². The van der Waals surface area contributed by atoms with Crippen LogP contribution in [0.3, 0.4) is 0 Å². The summed E-state index contributed by atoms with van der Waals surface area (Å²) in [6.07, 6.45) is 0. The zero-order valence-electron chi connectivity index (χ0n) is 22.3. The van der Waals surface area contributed by atoms with E-state index >= 15 is 0 Å². The lowest BCUT2D eigenvalue weighted by Crippen LogP contribution is -2.64. The lowest BCUT2D eigenvalue weighted by Gasteiger charge is -2.43. The molecule has 2 aromatic carbocycles. The molecule has 3 amide bonds. The molecule has 0 aliphatic carbocycles. The number of likely N-dealkylation sites (N-methyl/N-ethyl adjacent to an activating group) is 1. The lowest BCUT2D eigenvalue weighted by molar-refractivity contribution is -0.152. The van der Waals surface area contributed by atoms with E-state index in [1.165, 1.54) is 5.56 Å². The number of rotatable bonds is 8. The topological polar surface area (TPSA) is 85.0 Å². The van der Waals surface area contributed by atoms with Gasteiger partial charge in [0.1, 0.15) is 12.1 Å². The van der Waals surface area contributed by atoms with Crippen molar-refractivity contribution in [2.75, 3.05) is 26.7 Å². The molecule has 2 aliphatic rings. The summed E-state index contributed by atoms with van der Waals surface area (Å²) in [7, 11) is 1.71. The molecular weight excluding hydrogens is 466 g/mol. The van der Waals surface area contributed by atoms with Crippen molar-refractivity contribution in [1.82, 2.24) is 25.3 Å². The summed E-state index contributed by atoms with van der Waals surface area (Å²) in [5.74, 6) is -0.578. The molecule has 0 radical (unpaired) electrons. The quantitative estimate of drug-likeness (QED) is 0.573. The molecule has 198 valence electrons. The van der Waals surface area contributed by atoms with Gasteiger partial charge in [0.25, 0.3) is 0 Å². The fourth-order valence-electron chi connectivity index (χ4n) is 5.10. The lowest BCUT2D eigenvalue weighted by atomic mass is 9.99. The average Bonchev–Trinajstić information content (AvgIpc) is 3.35. The largest absolute Gasteiger partial charge is 0.343 e. The van der Waals surface area contributed by atoms with Crippen molar-refractivity contribution in [3.63, 3.8) is 0 Å². The van der Waals surface area contributed by atoms with Gasteiger partial charge in [-0.05, 0) is 36.6 Å². The molecule has 0 bridgehead atoms. The van der Waals surface area contributed by atoms with Crippen LogP contribution in [0.25, 0.3) is 0 Å². The third-order valence-electron chi connectivity index (χ3n) is 7.49. The van der Waals surface area contributed by atoms with Crippen molar-refractivity contribution in [1.29, 1.82) is 0 Å². The normalized spacial score (nSPS) is 19.4. The van der Waals surface area contributed by atoms with Crippen molar-refractivity contribution < 1.29 is 14.4 Å². The van der Waals surface area contributed by atoms with Crippen LogP contribution in [0.15, 0.2) is 54.6 Å². The van der Waals surface area contributed by atoms with Gasteiger partial charge in [-0.15, -0.1) is 0 Å². The molecule has 0 saturated carbocycles. The fraction of sp³-hybridized carbons (Fsp3) is 0.483. The summed E-state index contributed by atoms with van der Waals surface area (Å²) in [6, 6.07) is 16.6. The minimum absolute atomic E-state index is 0.0419. The Morgan fingerprint density at radius 3 is 2.14 bits per heavy atom. The molecule has 1 saturated heterocycles. The van der Waals surface area contributed by atoms with Crippen LogP contribution < -0.4 is 10.6 Å². The van der Waals surface area contributed by atoms with Gasteiger partial charge in [-0.2, -0.15) is 0 Å². The first-order chi connectivity index (χ1) is 17.8. The second kappa shape index (κ2) is 11.9. The summed E-state index contributed by atoms with van der Waals surface area (Å²) >= 11 is 0. The third-order valence-corrected chi connectivity index (χ3v) is 7.49. The monoisotopic (exact) mass is 505 g/mol. The maximum absolute atomic E-state index is 14.0. The van der Waals surface area contributed by atoms with Crippen LogP contribution in [0.5, 0.6) is 0 Å². The second-order valence-electron chi connectivity index (χ2n) is 10.5. The first-order valence-electron chi connectivity index (χ1n) is 13.2. The summed E-state index contributed by atoms with van der Waals surface area (Å²) in [5, 5.41) is 5.85. The van der Waals surface area contributed by atoms with Crippen LogP contribution in [0, 0.1) is 5.92 Å². The van der Waals surface area contributed by atoms with Gasteiger partial charge in [0, 0.05) is 39.3 Å².